The van der Waals surface area contributed by atoms with E-state index >= 15 is 0 Å². The molecule has 1 rings (SSSR count). The van der Waals surface area contributed by atoms with Crippen LogP contribution in [0.1, 0.15) is 32.3 Å². The van der Waals surface area contributed by atoms with Gasteiger partial charge in [-0.05, 0) is 31.0 Å². The normalized spacial score (nSPS) is 12.2. The van der Waals surface area contributed by atoms with Crippen LogP contribution in [0, 0.1) is 0 Å². The summed E-state index contributed by atoms with van der Waals surface area (Å²) in [7, 11) is 0. The summed E-state index contributed by atoms with van der Waals surface area (Å²) in [6.07, 6.45) is 1.90. The number of carbonyl (C=O) groups is 1. The van der Waals surface area contributed by atoms with Crippen molar-refractivity contribution < 1.29 is 19.4 Å². The Balaban J connectivity index is 2.25. The second kappa shape index (κ2) is 9.50. The van der Waals surface area contributed by atoms with Crippen molar-refractivity contribution in [3.63, 3.8) is 0 Å². The number of hydrogen-bond donors (Lipinski definition) is 1. The van der Waals surface area contributed by atoms with Gasteiger partial charge in [0.1, 0.15) is 24.2 Å². The first-order valence-electron chi connectivity index (χ1n) is 7.08. The van der Waals surface area contributed by atoms with Gasteiger partial charge in [-0.3, -0.25) is 4.79 Å². The summed E-state index contributed by atoms with van der Waals surface area (Å²) in [6, 6.07) is 7.34. The van der Waals surface area contributed by atoms with E-state index in [-0.39, 0.29) is 12.4 Å². The molecule has 1 N–H and O–H groups in total. The summed E-state index contributed by atoms with van der Waals surface area (Å²) in [5.41, 5.74) is 0.966. The van der Waals surface area contributed by atoms with Gasteiger partial charge in [0.05, 0.1) is 6.61 Å². The lowest BCUT2D eigenvalue weighted by Crippen LogP contribution is -2.23. The molecular formula is C16H24O4. The minimum atomic E-state index is -0.622. The minimum Gasteiger partial charge on any atom is -0.491 e. The van der Waals surface area contributed by atoms with Crippen molar-refractivity contribution in [2.75, 3.05) is 19.8 Å². The molecule has 112 valence electrons. The number of ether oxygens (including phenoxy) is 2. The Kier molecular flexibility index (Phi) is 7.92. The number of unbranched alkanes of at least 4 members (excludes halogenated alkanes) is 1. The molecule has 0 aromatic heterocycles. The molecule has 0 saturated heterocycles. The highest BCUT2D eigenvalue weighted by Crippen LogP contribution is 2.13. The monoisotopic (exact) mass is 280 g/mol. The smallest absolute Gasteiger partial charge is 0.134 e. The van der Waals surface area contributed by atoms with Crippen LogP contribution in [-0.4, -0.2) is 36.8 Å². The van der Waals surface area contributed by atoms with Gasteiger partial charge in [0.2, 0.25) is 0 Å². The van der Waals surface area contributed by atoms with Crippen molar-refractivity contribution in [1.29, 1.82) is 0 Å². The van der Waals surface area contributed by atoms with Crippen molar-refractivity contribution in [2.24, 2.45) is 0 Å². The fraction of sp³-hybridized carbons (Fsp3) is 0.562. The molecule has 1 aromatic carbocycles. The number of aliphatic hydroxyl groups is 1. The van der Waals surface area contributed by atoms with Gasteiger partial charge in [-0.25, -0.2) is 0 Å². The van der Waals surface area contributed by atoms with E-state index in [0.29, 0.717) is 25.4 Å². The molecule has 0 amide bonds. The van der Waals surface area contributed by atoms with Gasteiger partial charge in [-0.2, -0.15) is 0 Å². The number of hydrogen-bond acceptors (Lipinski definition) is 4. The second-order valence-corrected chi connectivity index (χ2v) is 4.92. The van der Waals surface area contributed by atoms with Gasteiger partial charge >= 0.3 is 0 Å². The van der Waals surface area contributed by atoms with Crippen molar-refractivity contribution >= 4 is 5.78 Å². The Hall–Kier alpha value is -1.39. The molecule has 20 heavy (non-hydrogen) atoms. The van der Waals surface area contributed by atoms with E-state index in [1.807, 2.05) is 24.3 Å². The van der Waals surface area contributed by atoms with Crippen LogP contribution in [0.25, 0.3) is 0 Å². The Bertz CT molecular complexity index is 386. The molecule has 4 heteroatoms. The van der Waals surface area contributed by atoms with Crippen molar-refractivity contribution in [3.05, 3.63) is 29.8 Å². The Morgan fingerprint density at radius 2 is 1.95 bits per heavy atom. The Morgan fingerprint density at radius 3 is 2.55 bits per heavy atom. The standard InChI is InChI=1S/C16H24O4/c1-3-4-9-19-11-15(18)12-20-16-7-5-14(6-8-16)10-13(2)17/h5-8,15,18H,3-4,9-12H2,1-2H3. The van der Waals surface area contributed by atoms with E-state index in [1.54, 1.807) is 6.92 Å². The van der Waals surface area contributed by atoms with Crippen LogP contribution in [-0.2, 0) is 16.0 Å². The molecule has 0 radical (unpaired) electrons. The van der Waals surface area contributed by atoms with Crippen LogP contribution in [0.5, 0.6) is 5.75 Å². The maximum Gasteiger partial charge on any atom is 0.134 e. The van der Waals surface area contributed by atoms with E-state index in [9.17, 15) is 9.90 Å². The van der Waals surface area contributed by atoms with Gasteiger partial charge in [-0.15, -0.1) is 0 Å². The van der Waals surface area contributed by atoms with Crippen LogP contribution in [0.4, 0.5) is 0 Å². The number of aliphatic hydroxyl groups excluding tert-OH is 1. The van der Waals surface area contributed by atoms with E-state index in [0.717, 1.165) is 18.4 Å². The van der Waals surface area contributed by atoms with Crippen molar-refractivity contribution in [1.82, 2.24) is 0 Å². The third-order valence-electron chi connectivity index (χ3n) is 2.77. The third kappa shape index (κ3) is 7.26. The maximum atomic E-state index is 11.0. The zero-order chi connectivity index (χ0) is 14.8. The summed E-state index contributed by atoms with van der Waals surface area (Å²) in [6.45, 7) is 4.84. The number of rotatable bonds is 10. The lowest BCUT2D eigenvalue weighted by molar-refractivity contribution is -0.116. The van der Waals surface area contributed by atoms with Gasteiger partial charge in [0.15, 0.2) is 0 Å². The SMILES string of the molecule is CCCCOCC(O)COc1ccc(CC(C)=O)cc1. The third-order valence-corrected chi connectivity index (χ3v) is 2.77. The number of Topliss-reactive ketones (excluding diaryl/α,β-unsaturated/α-hetero) is 1. The Morgan fingerprint density at radius 1 is 1.25 bits per heavy atom. The maximum absolute atomic E-state index is 11.0. The summed E-state index contributed by atoms with van der Waals surface area (Å²) in [4.78, 5) is 11.0. The van der Waals surface area contributed by atoms with Gasteiger partial charge < -0.3 is 14.6 Å². The van der Waals surface area contributed by atoms with Crippen LogP contribution in [0.15, 0.2) is 24.3 Å². The van der Waals surface area contributed by atoms with Crippen LogP contribution >= 0.6 is 0 Å². The van der Waals surface area contributed by atoms with Crippen LogP contribution < -0.4 is 4.74 Å². The van der Waals surface area contributed by atoms with Crippen LogP contribution in [0.3, 0.4) is 0 Å². The summed E-state index contributed by atoms with van der Waals surface area (Å²) >= 11 is 0. The topological polar surface area (TPSA) is 55.8 Å². The minimum absolute atomic E-state index is 0.137. The molecule has 0 aliphatic rings. The van der Waals surface area contributed by atoms with Gasteiger partial charge in [0.25, 0.3) is 0 Å². The fourth-order valence-corrected chi connectivity index (χ4v) is 1.70. The first kappa shape index (κ1) is 16.7. The molecule has 0 fully saturated rings. The van der Waals surface area contributed by atoms with Gasteiger partial charge in [0, 0.05) is 13.0 Å². The van der Waals surface area contributed by atoms with E-state index in [1.165, 1.54) is 0 Å². The number of ketones is 1. The molecule has 1 aromatic rings. The molecule has 1 atom stereocenters. The van der Waals surface area contributed by atoms with Crippen molar-refractivity contribution in [3.8, 4) is 5.75 Å². The summed E-state index contributed by atoms with van der Waals surface area (Å²) in [5.74, 6) is 0.822. The predicted octanol–water partition coefficient (Wildman–Crippen LogP) is 2.37. The molecule has 0 spiro atoms. The highest BCUT2D eigenvalue weighted by Gasteiger charge is 2.06. The zero-order valence-corrected chi connectivity index (χ0v) is 12.3. The molecule has 0 aliphatic heterocycles. The first-order chi connectivity index (χ1) is 9.61. The fourth-order valence-electron chi connectivity index (χ4n) is 1.70. The van der Waals surface area contributed by atoms with E-state index < -0.39 is 6.10 Å². The lowest BCUT2D eigenvalue weighted by atomic mass is 10.1. The molecule has 0 saturated carbocycles. The molecule has 0 heterocycles. The first-order valence-corrected chi connectivity index (χ1v) is 7.08. The molecule has 0 aliphatic carbocycles. The predicted molar refractivity (Wildman–Crippen MR) is 78.1 cm³/mol. The second-order valence-electron chi connectivity index (χ2n) is 4.92. The molecule has 4 nitrogen and oxygen atoms in total. The summed E-state index contributed by atoms with van der Waals surface area (Å²) in [5, 5.41) is 9.69. The number of benzene rings is 1. The summed E-state index contributed by atoms with van der Waals surface area (Å²) < 4.78 is 10.8. The van der Waals surface area contributed by atoms with E-state index in [4.69, 9.17) is 9.47 Å². The largest absolute Gasteiger partial charge is 0.491 e. The quantitative estimate of drug-likeness (QED) is 0.669. The zero-order valence-electron chi connectivity index (χ0n) is 12.3. The van der Waals surface area contributed by atoms with Crippen molar-refractivity contribution in [2.45, 2.75) is 39.2 Å². The molecule has 1 unspecified atom stereocenters. The highest BCUT2D eigenvalue weighted by atomic mass is 16.5. The average molecular weight is 280 g/mol. The Labute approximate surface area is 120 Å². The molecular weight excluding hydrogens is 256 g/mol. The van der Waals surface area contributed by atoms with E-state index in [2.05, 4.69) is 6.92 Å². The molecule has 0 bridgehead atoms. The van der Waals surface area contributed by atoms with Crippen LogP contribution in [0.2, 0.25) is 0 Å². The number of carbonyl (C=O) groups excluding carboxylic acids is 1. The lowest BCUT2D eigenvalue weighted by Gasteiger charge is -2.13. The average Bonchev–Trinajstić information content (AvgIpc) is 2.42. The highest BCUT2D eigenvalue weighted by molar-refractivity contribution is 5.78. The van der Waals surface area contributed by atoms with Gasteiger partial charge in [-0.1, -0.05) is 25.5 Å².